The first-order chi connectivity index (χ1) is 41.6. The molecule has 17 aromatic rings. The first-order valence-corrected chi connectivity index (χ1v) is 28.5. The van der Waals surface area contributed by atoms with Crippen LogP contribution in [0, 0.1) is 13.8 Å². The average molecular weight is 1080 g/mol. The monoisotopic (exact) mass is 1070 g/mol. The Morgan fingerprint density at radius 2 is 0.702 bits per heavy atom. The summed E-state index contributed by atoms with van der Waals surface area (Å²) in [5.74, 6) is 1.55. The molecule has 0 aliphatic carbocycles. The Morgan fingerprint density at radius 3 is 1.20 bits per heavy atom. The van der Waals surface area contributed by atoms with Crippen LogP contribution in [0.15, 0.2) is 268 Å². The Kier molecular flexibility index (Phi) is 10.6. The van der Waals surface area contributed by atoms with E-state index in [2.05, 4.69) is 263 Å². The van der Waals surface area contributed by atoms with Crippen molar-refractivity contribution in [2.75, 3.05) is 0 Å². The van der Waals surface area contributed by atoms with E-state index < -0.39 is 0 Å². The molecule has 84 heavy (non-hydrogen) atoms. The minimum Gasteiger partial charge on any atom is -0.309 e. The summed E-state index contributed by atoms with van der Waals surface area (Å²) in [6.07, 6.45) is 11.7. The molecule has 0 spiro atoms. The fraction of sp³-hybridized carbons (Fsp3) is 0.0263. The lowest BCUT2D eigenvalue weighted by Gasteiger charge is -2.26. The van der Waals surface area contributed by atoms with Crippen LogP contribution in [-0.4, -0.2) is 38.2 Å². The lowest BCUT2D eigenvalue weighted by atomic mass is 9.91. The maximum atomic E-state index is 6.31. The maximum absolute atomic E-state index is 6.31. The fourth-order valence-electron chi connectivity index (χ4n) is 13.8. The molecule has 0 unspecified atom stereocenters. The van der Waals surface area contributed by atoms with Crippen molar-refractivity contribution in [3.05, 3.63) is 279 Å². The topological polar surface area (TPSA) is 71.3 Å². The molecule has 9 aromatic carbocycles. The zero-order valence-corrected chi connectivity index (χ0v) is 46.0. The largest absolute Gasteiger partial charge is 0.309 e. The number of rotatable bonds is 8. The first kappa shape index (κ1) is 47.6. The molecule has 0 bridgehead atoms. The van der Waals surface area contributed by atoms with E-state index in [1.165, 1.54) is 33.0 Å². The van der Waals surface area contributed by atoms with Gasteiger partial charge < -0.3 is 9.13 Å². The molecular formula is C76H50N8. The zero-order valence-electron chi connectivity index (χ0n) is 46.0. The van der Waals surface area contributed by atoms with Crippen LogP contribution in [0.2, 0.25) is 0 Å². The van der Waals surface area contributed by atoms with E-state index in [-0.39, 0.29) is 0 Å². The second-order valence-electron chi connectivity index (χ2n) is 22.0. The lowest BCUT2D eigenvalue weighted by molar-refractivity contribution is 0.985. The second-order valence-corrected chi connectivity index (χ2v) is 22.0. The van der Waals surface area contributed by atoms with Gasteiger partial charge in [-0.2, -0.15) is 0 Å². The van der Waals surface area contributed by atoms with Gasteiger partial charge in [0.25, 0.3) is 0 Å². The molecule has 0 atom stereocenters. The van der Waals surface area contributed by atoms with Gasteiger partial charge in [-0.1, -0.05) is 181 Å². The van der Waals surface area contributed by atoms with Crippen molar-refractivity contribution in [2.45, 2.75) is 13.8 Å². The number of para-hydroxylation sites is 3. The van der Waals surface area contributed by atoms with Crippen molar-refractivity contribution in [2.24, 2.45) is 0 Å². The van der Waals surface area contributed by atoms with Crippen LogP contribution >= 0.6 is 0 Å². The maximum Gasteiger partial charge on any atom is 0.165 e. The van der Waals surface area contributed by atoms with Crippen LogP contribution in [0.4, 0.5) is 0 Å². The van der Waals surface area contributed by atoms with Gasteiger partial charge in [0.1, 0.15) is 5.82 Å². The second kappa shape index (κ2) is 18.7. The summed E-state index contributed by atoms with van der Waals surface area (Å²) in [6.45, 7) is 4.41. The van der Waals surface area contributed by atoms with E-state index in [0.29, 0.717) is 0 Å². The molecular weight excluding hydrogens is 1020 g/mol. The summed E-state index contributed by atoms with van der Waals surface area (Å²) < 4.78 is 9.66. The molecule has 0 saturated heterocycles. The average Bonchev–Trinajstić information content (AvgIpc) is 1.63. The number of hydrogen-bond donors (Lipinski definition) is 0. The minimum absolute atomic E-state index is 0.769. The molecule has 8 aromatic heterocycles. The van der Waals surface area contributed by atoms with Crippen LogP contribution in [0.3, 0.4) is 0 Å². The molecule has 17 rings (SSSR count). The predicted octanol–water partition coefficient (Wildman–Crippen LogP) is 18.9. The molecule has 8 heterocycles. The number of hydrogen-bond acceptors (Lipinski definition) is 4. The highest BCUT2D eigenvalue weighted by atomic mass is 15.2. The van der Waals surface area contributed by atoms with Crippen molar-refractivity contribution < 1.29 is 0 Å². The Labute approximate surface area is 483 Å². The van der Waals surface area contributed by atoms with E-state index in [4.69, 9.17) is 19.9 Å². The lowest BCUT2D eigenvalue weighted by Crippen LogP contribution is -2.13. The summed E-state index contributed by atoms with van der Waals surface area (Å²) in [5.41, 5.74) is 21.5. The molecule has 8 nitrogen and oxygen atoms in total. The molecule has 0 N–H and O–H groups in total. The molecule has 0 fully saturated rings. The van der Waals surface area contributed by atoms with Gasteiger partial charge >= 0.3 is 0 Å². The van der Waals surface area contributed by atoms with Crippen LogP contribution in [-0.2, 0) is 0 Å². The Bertz CT molecular complexity index is 5230. The number of pyridine rings is 4. The van der Waals surface area contributed by atoms with E-state index in [1.807, 2.05) is 37.2 Å². The highest BCUT2D eigenvalue weighted by Gasteiger charge is 2.32. The molecule has 0 aliphatic rings. The van der Waals surface area contributed by atoms with Crippen LogP contribution < -0.4 is 0 Å². The quantitative estimate of drug-likeness (QED) is 0.152. The molecule has 8 heteroatoms. The number of aryl methyl sites for hydroxylation is 2. The van der Waals surface area contributed by atoms with Crippen LogP contribution in [0.25, 0.3) is 155 Å². The first-order valence-electron chi connectivity index (χ1n) is 28.5. The van der Waals surface area contributed by atoms with Crippen molar-refractivity contribution >= 4 is 87.2 Å². The highest BCUT2D eigenvalue weighted by Crippen LogP contribution is 2.50. The minimum atomic E-state index is 0.769. The normalized spacial score (nSPS) is 11.9. The fourth-order valence-corrected chi connectivity index (χ4v) is 13.8. The zero-order chi connectivity index (χ0) is 55.6. The van der Waals surface area contributed by atoms with Crippen molar-refractivity contribution in [3.63, 3.8) is 0 Å². The number of fused-ring (bicyclic) bond motifs is 12. The number of aromatic nitrogens is 8. The van der Waals surface area contributed by atoms with Crippen molar-refractivity contribution in [3.8, 4) is 67.5 Å². The molecule has 0 radical (unpaired) electrons. The van der Waals surface area contributed by atoms with Gasteiger partial charge in [0.05, 0.1) is 49.8 Å². The van der Waals surface area contributed by atoms with Gasteiger partial charge in [0.15, 0.2) is 5.82 Å². The highest BCUT2D eigenvalue weighted by molar-refractivity contribution is 6.21. The third-order valence-electron chi connectivity index (χ3n) is 17.1. The summed E-state index contributed by atoms with van der Waals surface area (Å²) in [5, 5.41) is 8.86. The van der Waals surface area contributed by atoms with Gasteiger partial charge in [0.2, 0.25) is 0 Å². The number of benzene rings is 9. The Balaban J connectivity index is 1.05. The summed E-state index contributed by atoms with van der Waals surface area (Å²) >= 11 is 0. The van der Waals surface area contributed by atoms with E-state index >= 15 is 0 Å². The summed E-state index contributed by atoms with van der Waals surface area (Å²) in [4.78, 5) is 20.5. The van der Waals surface area contributed by atoms with Gasteiger partial charge in [-0.25, -0.2) is 4.98 Å². The molecule has 0 aliphatic heterocycles. The van der Waals surface area contributed by atoms with Gasteiger partial charge in [0, 0.05) is 97.1 Å². The standard InChI is InChI=1S/C76H50N8/c1-47-41-48(2)43-52(42-47)70-71(51-31-33-53(34-32-51)81-68-29-15-24-54(49-17-5-3-6-18-49)72(68)73-55(25-16-30-69(73)81)50-19-7-4-8-20-50)75(83-63-27-13-10-22-57(63)60-45-78-39-36-66(60)83)80-76(84-64-28-14-11-23-58(64)61-46-79-40-37-67(61)84)74(70)82-62-26-12-9-21-56(62)59-44-77-38-35-65(59)82/h3-46H,1-2H3. The van der Waals surface area contributed by atoms with Crippen LogP contribution in [0.5, 0.6) is 0 Å². The third-order valence-corrected chi connectivity index (χ3v) is 17.1. The van der Waals surface area contributed by atoms with Crippen molar-refractivity contribution in [1.29, 1.82) is 0 Å². The van der Waals surface area contributed by atoms with E-state index in [1.54, 1.807) is 0 Å². The SMILES string of the molecule is Cc1cc(C)cc(-c2c(-c3ccc(-n4c5cccc(-c6ccccc6)c5c5c(-c6ccccc6)cccc54)cc3)c(-n3c4ccccc4c4cnccc43)nc(-n3c4ccccc4c4cnccc43)c2-n2c3ccccc3c3cnccc32)c1. The Morgan fingerprint density at radius 1 is 0.286 bits per heavy atom. The number of nitrogens with zero attached hydrogens (tertiary/aromatic N) is 8. The molecule has 394 valence electrons. The molecule has 0 amide bonds. The van der Waals surface area contributed by atoms with Gasteiger partial charge in [-0.3, -0.25) is 24.1 Å². The summed E-state index contributed by atoms with van der Waals surface area (Å²) in [6, 6.07) is 83.8. The van der Waals surface area contributed by atoms with Crippen molar-refractivity contribution in [1.82, 2.24) is 38.2 Å². The van der Waals surface area contributed by atoms with Gasteiger partial charge in [-0.05, 0) is 108 Å². The Hall–Kier alpha value is -11.2. The summed E-state index contributed by atoms with van der Waals surface area (Å²) in [7, 11) is 0. The van der Waals surface area contributed by atoms with E-state index in [9.17, 15) is 0 Å². The smallest absolute Gasteiger partial charge is 0.165 e. The predicted molar refractivity (Wildman–Crippen MR) is 346 cm³/mol. The van der Waals surface area contributed by atoms with Gasteiger partial charge in [-0.15, -0.1) is 0 Å². The van der Waals surface area contributed by atoms with E-state index in [0.717, 1.165) is 133 Å². The molecule has 0 saturated carbocycles. The third kappa shape index (κ3) is 7.07. The van der Waals surface area contributed by atoms with Crippen LogP contribution in [0.1, 0.15) is 11.1 Å².